The van der Waals surface area contributed by atoms with E-state index in [1.807, 2.05) is 12.2 Å². The largest absolute Gasteiger partial charge is 0.472 e. The van der Waals surface area contributed by atoms with Crippen LogP contribution in [0.15, 0.2) is 109 Å². The topological polar surface area (TPSA) is 237 Å². The van der Waals surface area contributed by atoms with E-state index in [0.717, 1.165) is 161 Å². The van der Waals surface area contributed by atoms with E-state index in [-0.39, 0.29) is 25.7 Å². The van der Waals surface area contributed by atoms with Gasteiger partial charge in [0.1, 0.15) is 19.3 Å². The summed E-state index contributed by atoms with van der Waals surface area (Å²) in [5.74, 6) is -2.28. The molecule has 0 aliphatic carbocycles. The van der Waals surface area contributed by atoms with Gasteiger partial charge in [0, 0.05) is 25.7 Å². The lowest BCUT2D eigenvalue weighted by atomic mass is 10.1. The molecule has 0 aromatic carbocycles. The molecule has 0 spiro atoms. The Bertz CT molecular complexity index is 2390. The highest BCUT2D eigenvalue weighted by Gasteiger charge is 2.30. The first-order valence-electron chi connectivity index (χ1n) is 41.1. The molecule has 0 bridgehead atoms. The molecule has 0 heterocycles. The van der Waals surface area contributed by atoms with Gasteiger partial charge >= 0.3 is 39.5 Å². The molecule has 3 N–H and O–H groups in total. The van der Waals surface area contributed by atoms with Crippen LogP contribution in [0.4, 0.5) is 0 Å². The van der Waals surface area contributed by atoms with Crippen LogP contribution in [0.5, 0.6) is 0 Å². The standard InChI is InChI=1S/C85H148O17P2/c1-5-9-13-17-21-25-29-33-37-38-39-40-44-46-50-54-58-62-66-70-83(88)96-76-81(102-85(90)72-68-64-60-56-52-48-43-36-32-28-24-20-16-12-8-4)78-100-104(93,94)98-74-79(86)73-97-103(91,92)99-77-80(101-84(89)71-67-63-59-55-51-47-42-35-31-27-23-19-15-11-7-3)75-95-82(87)69-65-61-57-53-49-45-41-34-30-26-22-18-14-10-6-2/h21,24-28,30-31,33,36-37,39-40,43,46,50,58,62,79-81,86H,5-20,22-23,29,32,34-35,38,41-42,44-45,47-49,51-57,59-61,63-78H2,1-4H3,(H,91,92)(H,93,94)/b25-21-,28-24-,30-26-,31-27-,37-33-,40-39-,43-36-,50-46-,62-58-/t79-,80+,81+/m0/s1. The summed E-state index contributed by atoms with van der Waals surface area (Å²) in [5, 5.41) is 10.6. The summed E-state index contributed by atoms with van der Waals surface area (Å²) in [4.78, 5) is 73.0. The highest BCUT2D eigenvalue weighted by molar-refractivity contribution is 7.47. The van der Waals surface area contributed by atoms with Crippen LogP contribution in [0.1, 0.15) is 349 Å². The molecule has 0 rings (SSSR count). The third-order valence-corrected chi connectivity index (χ3v) is 19.1. The molecular weight excluding hydrogens is 1350 g/mol. The number of phosphoric ester groups is 2. The van der Waals surface area contributed by atoms with E-state index in [9.17, 15) is 43.2 Å². The van der Waals surface area contributed by atoms with E-state index in [2.05, 4.69) is 125 Å². The van der Waals surface area contributed by atoms with Gasteiger partial charge in [-0.1, -0.05) is 285 Å². The molecule has 0 amide bonds. The average Bonchev–Trinajstić information content (AvgIpc) is 0.918. The molecular formula is C85H148O17P2. The fourth-order valence-corrected chi connectivity index (χ4v) is 12.4. The van der Waals surface area contributed by atoms with Gasteiger partial charge in [-0.2, -0.15) is 0 Å². The zero-order chi connectivity index (χ0) is 76.0. The van der Waals surface area contributed by atoms with Crippen molar-refractivity contribution in [3.63, 3.8) is 0 Å². The second kappa shape index (κ2) is 76.9. The normalized spacial score (nSPS) is 14.4. The maximum Gasteiger partial charge on any atom is 0.472 e. The number of rotatable bonds is 77. The molecule has 0 aliphatic rings. The summed E-state index contributed by atoms with van der Waals surface area (Å²) in [7, 11) is -9.98. The first-order chi connectivity index (χ1) is 50.7. The Morgan fingerprint density at radius 2 is 0.490 bits per heavy atom. The Labute approximate surface area is 632 Å². The minimum Gasteiger partial charge on any atom is -0.462 e. The Morgan fingerprint density at radius 1 is 0.269 bits per heavy atom. The van der Waals surface area contributed by atoms with Crippen LogP contribution in [0.25, 0.3) is 0 Å². The number of aliphatic hydroxyl groups is 1. The minimum absolute atomic E-state index is 0.0342. The zero-order valence-electron chi connectivity index (χ0n) is 65.7. The lowest BCUT2D eigenvalue weighted by Crippen LogP contribution is -2.30. The smallest absolute Gasteiger partial charge is 0.462 e. The summed E-state index contributed by atoms with van der Waals surface area (Å²) < 4.78 is 68.6. The summed E-state index contributed by atoms with van der Waals surface area (Å²) >= 11 is 0. The Balaban J connectivity index is 5.43. The molecule has 17 nitrogen and oxygen atoms in total. The second-order valence-electron chi connectivity index (χ2n) is 27.3. The Hall–Kier alpha value is -4.28. The number of unbranched alkanes of at least 4 members (excludes halogenated alkanes) is 33. The second-order valence-corrected chi connectivity index (χ2v) is 30.3. The van der Waals surface area contributed by atoms with Crippen molar-refractivity contribution < 1.29 is 80.2 Å². The fourth-order valence-electron chi connectivity index (χ4n) is 10.9. The van der Waals surface area contributed by atoms with E-state index in [4.69, 9.17) is 37.0 Å². The maximum atomic E-state index is 13.1. The first kappa shape index (κ1) is 99.7. The van der Waals surface area contributed by atoms with Gasteiger partial charge in [-0.25, -0.2) is 9.13 Å². The van der Waals surface area contributed by atoms with Crippen molar-refractivity contribution in [1.29, 1.82) is 0 Å². The van der Waals surface area contributed by atoms with Gasteiger partial charge in [0.05, 0.1) is 26.4 Å². The maximum absolute atomic E-state index is 13.1. The molecule has 5 atom stereocenters. The Kier molecular flexibility index (Phi) is 73.7. The van der Waals surface area contributed by atoms with E-state index >= 15 is 0 Å². The third-order valence-electron chi connectivity index (χ3n) is 17.2. The lowest BCUT2D eigenvalue weighted by Gasteiger charge is -2.21. The quantitative estimate of drug-likeness (QED) is 0.0169. The van der Waals surface area contributed by atoms with E-state index in [1.165, 1.54) is 103 Å². The molecule has 104 heavy (non-hydrogen) atoms. The van der Waals surface area contributed by atoms with Gasteiger partial charge in [0.25, 0.3) is 0 Å². The number of phosphoric acid groups is 2. The highest BCUT2D eigenvalue weighted by Crippen LogP contribution is 2.45. The van der Waals surface area contributed by atoms with Crippen molar-refractivity contribution in [3.05, 3.63) is 109 Å². The average molecular weight is 1500 g/mol. The highest BCUT2D eigenvalue weighted by atomic mass is 31.2. The Morgan fingerprint density at radius 3 is 0.808 bits per heavy atom. The molecule has 0 aliphatic heterocycles. The van der Waals surface area contributed by atoms with Gasteiger partial charge in [-0.15, -0.1) is 0 Å². The van der Waals surface area contributed by atoms with Crippen LogP contribution < -0.4 is 0 Å². The number of hydrogen-bond acceptors (Lipinski definition) is 15. The number of ether oxygens (including phenoxy) is 4. The number of esters is 4. The summed E-state index contributed by atoms with van der Waals surface area (Å²) in [6.45, 7) is 4.73. The molecule has 0 saturated carbocycles. The third kappa shape index (κ3) is 75.9. The van der Waals surface area contributed by atoms with Gasteiger partial charge in [-0.05, 0) is 148 Å². The van der Waals surface area contributed by atoms with Gasteiger partial charge < -0.3 is 33.8 Å². The number of hydrogen-bond donors (Lipinski definition) is 3. The van der Waals surface area contributed by atoms with Crippen molar-refractivity contribution in [3.8, 4) is 0 Å². The number of aliphatic hydroxyl groups excluding tert-OH is 1. The van der Waals surface area contributed by atoms with E-state index in [1.54, 1.807) is 0 Å². The van der Waals surface area contributed by atoms with E-state index < -0.39 is 97.5 Å². The minimum atomic E-state index is -5.00. The molecule has 2 unspecified atom stereocenters. The number of allylic oxidation sites excluding steroid dienone is 18. The summed E-state index contributed by atoms with van der Waals surface area (Å²) in [6, 6.07) is 0. The van der Waals surface area contributed by atoms with Crippen LogP contribution in [-0.2, 0) is 65.4 Å². The van der Waals surface area contributed by atoms with Crippen LogP contribution in [0, 0.1) is 0 Å². The molecule has 0 fully saturated rings. The molecule has 0 aromatic rings. The van der Waals surface area contributed by atoms with Crippen molar-refractivity contribution in [2.75, 3.05) is 39.6 Å². The number of carbonyl (C=O) groups excluding carboxylic acids is 4. The first-order valence-corrected chi connectivity index (χ1v) is 44.1. The molecule has 600 valence electrons. The zero-order valence-corrected chi connectivity index (χ0v) is 67.5. The van der Waals surface area contributed by atoms with Crippen LogP contribution >= 0.6 is 15.6 Å². The van der Waals surface area contributed by atoms with Gasteiger partial charge in [-0.3, -0.25) is 37.3 Å². The van der Waals surface area contributed by atoms with Crippen molar-refractivity contribution in [1.82, 2.24) is 0 Å². The molecule has 19 heteroatoms. The lowest BCUT2D eigenvalue weighted by molar-refractivity contribution is -0.161. The monoisotopic (exact) mass is 1500 g/mol. The predicted octanol–water partition coefficient (Wildman–Crippen LogP) is 24.1. The van der Waals surface area contributed by atoms with Gasteiger partial charge in [0.2, 0.25) is 0 Å². The van der Waals surface area contributed by atoms with Crippen molar-refractivity contribution in [2.45, 2.75) is 367 Å². The van der Waals surface area contributed by atoms with Crippen molar-refractivity contribution >= 4 is 39.5 Å². The molecule has 0 aromatic heterocycles. The molecule has 0 radical (unpaired) electrons. The number of carbonyl (C=O) groups is 4. The fraction of sp³-hybridized carbons (Fsp3) is 0.741. The van der Waals surface area contributed by atoms with Crippen LogP contribution in [0.2, 0.25) is 0 Å². The summed E-state index contributed by atoms with van der Waals surface area (Å²) in [6.07, 6.45) is 83.5. The van der Waals surface area contributed by atoms with Crippen molar-refractivity contribution in [2.24, 2.45) is 0 Å². The molecule has 0 saturated heterocycles. The predicted molar refractivity (Wildman–Crippen MR) is 427 cm³/mol. The van der Waals surface area contributed by atoms with Crippen LogP contribution in [-0.4, -0.2) is 96.7 Å². The SMILES string of the molecule is CCCCC/C=C\C/C=C\C/C=C\C/C=C\C/C=C\CCC(=O)OC[C@H](COP(=O)(O)OC[C@@H](O)COP(=O)(O)OC[C@@H](COC(=O)CCCCCCCCC/C=C\CCCCCC)OC(=O)CCCCCCCCC/C=C\CCCCCC)OC(=O)CCCCCCC/C=C\C/C=C\CCCCC. The van der Waals surface area contributed by atoms with E-state index in [0.29, 0.717) is 32.1 Å². The van der Waals surface area contributed by atoms with Crippen LogP contribution in [0.3, 0.4) is 0 Å². The summed E-state index contributed by atoms with van der Waals surface area (Å²) in [5.41, 5.74) is 0. The van der Waals surface area contributed by atoms with Gasteiger partial charge in [0.15, 0.2) is 12.2 Å².